The van der Waals surface area contributed by atoms with Gasteiger partial charge in [0.05, 0.1) is 5.69 Å². The third kappa shape index (κ3) is 3.86. The van der Waals surface area contributed by atoms with E-state index in [4.69, 9.17) is 15.2 Å². The van der Waals surface area contributed by atoms with Gasteiger partial charge in [0.1, 0.15) is 5.01 Å². The number of nitrogens with zero attached hydrogens (tertiary/aromatic N) is 4. The molecule has 7 heteroatoms. The molecule has 0 spiro atoms. The molecule has 2 aromatic carbocycles. The average Bonchev–Trinajstić information content (AvgIpc) is 3.55. The van der Waals surface area contributed by atoms with Crippen LogP contribution >= 0.6 is 11.3 Å². The van der Waals surface area contributed by atoms with Gasteiger partial charge in [-0.05, 0) is 54.7 Å². The molecule has 3 heterocycles. The molecule has 1 atom stereocenters. The van der Waals surface area contributed by atoms with Crippen LogP contribution in [0, 0.1) is 0 Å². The molecule has 1 unspecified atom stereocenters. The van der Waals surface area contributed by atoms with Crippen LogP contribution in [0.4, 0.5) is 0 Å². The fourth-order valence-electron chi connectivity index (χ4n) is 4.27. The number of aromatic nitrogens is 4. The Balaban J connectivity index is 1.23. The van der Waals surface area contributed by atoms with E-state index < -0.39 is 0 Å². The smallest absolute Gasteiger partial charge is 0.258 e. The number of hydrogen-bond donors (Lipinski definition) is 1. The van der Waals surface area contributed by atoms with Gasteiger partial charge in [-0.3, -0.25) is 4.98 Å². The first-order valence-electron chi connectivity index (χ1n) is 10.9. The van der Waals surface area contributed by atoms with Crippen LogP contribution in [0.1, 0.15) is 30.0 Å². The van der Waals surface area contributed by atoms with Crippen molar-refractivity contribution in [1.82, 2.24) is 20.1 Å². The molecule has 33 heavy (non-hydrogen) atoms. The predicted molar refractivity (Wildman–Crippen MR) is 129 cm³/mol. The van der Waals surface area contributed by atoms with E-state index in [1.165, 1.54) is 11.1 Å². The Labute approximate surface area is 195 Å². The average molecular weight is 452 g/mol. The van der Waals surface area contributed by atoms with Crippen molar-refractivity contribution in [3.05, 3.63) is 83.5 Å². The van der Waals surface area contributed by atoms with Crippen LogP contribution in [-0.2, 0) is 6.42 Å². The lowest BCUT2D eigenvalue weighted by atomic mass is 9.87. The number of hydrogen-bond acceptors (Lipinski definition) is 7. The molecule has 0 amide bonds. The summed E-state index contributed by atoms with van der Waals surface area (Å²) in [6.45, 7) is 0. The SMILES string of the molecule is NC1CCCc2cc(-c3nc(-c4ccc(-c5csc(-c6ccncc6)n5)cc4)no3)ccc21. The maximum absolute atomic E-state index is 6.24. The zero-order chi connectivity index (χ0) is 22.2. The number of pyridine rings is 1. The third-order valence-electron chi connectivity index (χ3n) is 6.05. The highest BCUT2D eigenvalue weighted by Crippen LogP contribution is 2.33. The van der Waals surface area contributed by atoms with E-state index in [1.807, 2.05) is 42.5 Å². The van der Waals surface area contributed by atoms with Crippen molar-refractivity contribution in [3.8, 4) is 44.7 Å². The molecular formula is C26H21N5OS. The van der Waals surface area contributed by atoms with Gasteiger partial charge in [-0.2, -0.15) is 4.98 Å². The predicted octanol–water partition coefficient (Wildman–Crippen LogP) is 5.93. The van der Waals surface area contributed by atoms with E-state index in [0.29, 0.717) is 11.7 Å². The number of fused-ring (bicyclic) bond motifs is 1. The van der Waals surface area contributed by atoms with Gasteiger partial charge in [-0.15, -0.1) is 11.3 Å². The Morgan fingerprint density at radius 3 is 2.52 bits per heavy atom. The summed E-state index contributed by atoms with van der Waals surface area (Å²) in [4.78, 5) is 13.5. The van der Waals surface area contributed by atoms with Gasteiger partial charge in [0.2, 0.25) is 5.82 Å². The van der Waals surface area contributed by atoms with E-state index in [1.54, 1.807) is 23.7 Å². The number of thiazole rings is 1. The number of rotatable bonds is 4. The van der Waals surface area contributed by atoms with Crippen LogP contribution in [0.3, 0.4) is 0 Å². The zero-order valence-electron chi connectivity index (χ0n) is 17.8. The molecule has 1 aliphatic carbocycles. The minimum absolute atomic E-state index is 0.123. The second-order valence-electron chi connectivity index (χ2n) is 8.19. The molecule has 0 fully saturated rings. The third-order valence-corrected chi connectivity index (χ3v) is 6.94. The maximum Gasteiger partial charge on any atom is 0.258 e. The number of nitrogens with two attached hydrogens (primary N) is 1. The Hall–Kier alpha value is -3.68. The van der Waals surface area contributed by atoms with Crippen molar-refractivity contribution < 1.29 is 4.52 Å². The van der Waals surface area contributed by atoms with Crippen LogP contribution in [0.25, 0.3) is 44.7 Å². The first-order chi connectivity index (χ1) is 16.2. The summed E-state index contributed by atoms with van der Waals surface area (Å²) < 4.78 is 5.58. The summed E-state index contributed by atoms with van der Waals surface area (Å²) in [6, 6.07) is 18.4. The summed E-state index contributed by atoms with van der Waals surface area (Å²) >= 11 is 1.62. The lowest BCUT2D eigenvalue weighted by molar-refractivity contribution is 0.432. The molecule has 0 saturated carbocycles. The van der Waals surface area contributed by atoms with Crippen molar-refractivity contribution in [2.45, 2.75) is 25.3 Å². The topological polar surface area (TPSA) is 90.7 Å². The molecule has 0 radical (unpaired) electrons. The quantitative estimate of drug-likeness (QED) is 0.364. The fraction of sp³-hybridized carbons (Fsp3) is 0.154. The van der Waals surface area contributed by atoms with Gasteiger partial charge in [-0.1, -0.05) is 35.5 Å². The van der Waals surface area contributed by atoms with Crippen LogP contribution < -0.4 is 5.73 Å². The molecule has 6 rings (SSSR count). The standard InChI is InChI=1S/C26H21N5OS/c27-22-3-1-2-19-14-20(8-9-21(19)22)25-30-24(31-32-25)17-6-4-16(5-7-17)23-15-33-26(29-23)18-10-12-28-13-11-18/h4-15,22H,1-3,27H2. The normalized spacial score (nSPS) is 15.4. The van der Waals surface area contributed by atoms with Crippen molar-refractivity contribution >= 4 is 11.3 Å². The van der Waals surface area contributed by atoms with Crippen LogP contribution in [0.2, 0.25) is 0 Å². The summed E-state index contributed by atoms with van der Waals surface area (Å²) in [7, 11) is 0. The van der Waals surface area contributed by atoms with Gasteiger partial charge in [0, 0.05) is 46.1 Å². The summed E-state index contributed by atoms with van der Waals surface area (Å²) in [5.74, 6) is 1.10. The molecule has 5 aromatic rings. The van der Waals surface area contributed by atoms with Gasteiger partial charge in [-0.25, -0.2) is 4.98 Å². The first kappa shape index (κ1) is 20.0. The van der Waals surface area contributed by atoms with E-state index >= 15 is 0 Å². The summed E-state index contributed by atoms with van der Waals surface area (Å²) in [5.41, 5.74) is 13.7. The van der Waals surface area contributed by atoms with E-state index in [2.05, 4.69) is 32.6 Å². The fourth-order valence-corrected chi connectivity index (χ4v) is 5.10. The molecule has 3 aromatic heterocycles. The van der Waals surface area contributed by atoms with Gasteiger partial charge >= 0.3 is 0 Å². The van der Waals surface area contributed by atoms with Crippen molar-refractivity contribution in [2.24, 2.45) is 5.73 Å². The Bertz CT molecular complexity index is 1410. The van der Waals surface area contributed by atoms with Crippen LogP contribution in [0.15, 0.2) is 76.9 Å². The Morgan fingerprint density at radius 1 is 0.879 bits per heavy atom. The molecule has 0 saturated heterocycles. The second kappa shape index (κ2) is 8.35. The van der Waals surface area contributed by atoms with E-state index in [0.717, 1.165) is 52.2 Å². The van der Waals surface area contributed by atoms with Gasteiger partial charge in [0.15, 0.2) is 0 Å². The molecule has 162 valence electrons. The minimum atomic E-state index is 0.123. The van der Waals surface area contributed by atoms with Crippen molar-refractivity contribution in [3.63, 3.8) is 0 Å². The number of aryl methyl sites for hydroxylation is 1. The van der Waals surface area contributed by atoms with Crippen LogP contribution in [0.5, 0.6) is 0 Å². The highest BCUT2D eigenvalue weighted by molar-refractivity contribution is 7.13. The van der Waals surface area contributed by atoms with E-state index in [9.17, 15) is 0 Å². The summed E-state index contributed by atoms with van der Waals surface area (Å²) in [6.07, 6.45) is 6.76. The second-order valence-corrected chi connectivity index (χ2v) is 9.04. The number of benzene rings is 2. The van der Waals surface area contributed by atoms with Crippen molar-refractivity contribution in [1.29, 1.82) is 0 Å². The summed E-state index contributed by atoms with van der Waals surface area (Å²) in [5, 5.41) is 7.25. The maximum atomic E-state index is 6.24. The monoisotopic (exact) mass is 451 g/mol. The minimum Gasteiger partial charge on any atom is -0.334 e. The lowest BCUT2D eigenvalue weighted by Crippen LogP contribution is -2.17. The Kier molecular flexibility index (Phi) is 5.05. The van der Waals surface area contributed by atoms with Crippen molar-refractivity contribution in [2.75, 3.05) is 0 Å². The molecule has 0 bridgehead atoms. The highest BCUT2D eigenvalue weighted by atomic mass is 32.1. The molecular weight excluding hydrogens is 430 g/mol. The van der Waals surface area contributed by atoms with E-state index in [-0.39, 0.29) is 6.04 Å². The van der Waals surface area contributed by atoms with Gasteiger partial charge < -0.3 is 10.3 Å². The Morgan fingerprint density at radius 2 is 1.67 bits per heavy atom. The molecule has 0 aliphatic heterocycles. The molecule has 2 N–H and O–H groups in total. The zero-order valence-corrected chi connectivity index (χ0v) is 18.6. The van der Waals surface area contributed by atoms with Crippen LogP contribution in [-0.4, -0.2) is 20.1 Å². The molecule has 1 aliphatic rings. The highest BCUT2D eigenvalue weighted by Gasteiger charge is 2.19. The lowest BCUT2D eigenvalue weighted by Gasteiger charge is -2.22. The molecule has 6 nitrogen and oxygen atoms in total. The first-order valence-corrected chi connectivity index (χ1v) is 11.8. The van der Waals surface area contributed by atoms with Gasteiger partial charge in [0.25, 0.3) is 5.89 Å². The largest absolute Gasteiger partial charge is 0.334 e.